The van der Waals surface area contributed by atoms with Crippen molar-refractivity contribution in [3.8, 4) is 0 Å². The van der Waals surface area contributed by atoms with Crippen LogP contribution in [0.2, 0.25) is 0 Å². The molecule has 3 aromatic rings. The zero-order valence-electron chi connectivity index (χ0n) is 9.60. The maximum atomic E-state index is 12.0. The summed E-state index contributed by atoms with van der Waals surface area (Å²) in [5.74, 6) is 0.131. The van der Waals surface area contributed by atoms with Crippen molar-refractivity contribution in [2.75, 3.05) is 5.73 Å². The minimum Gasteiger partial charge on any atom is -0.369 e. The van der Waals surface area contributed by atoms with E-state index in [1.165, 1.54) is 0 Å². The summed E-state index contributed by atoms with van der Waals surface area (Å²) in [6, 6.07) is 9.58. The van der Waals surface area contributed by atoms with Crippen molar-refractivity contribution in [3.05, 3.63) is 52.8 Å². The molecule has 0 spiro atoms. The van der Waals surface area contributed by atoms with Gasteiger partial charge in [0, 0.05) is 0 Å². The largest absolute Gasteiger partial charge is 0.369 e. The summed E-state index contributed by atoms with van der Waals surface area (Å²) in [5.41, 5.74) is 6.89. The number of nitrogens with two attached hydrogens (primary N) is 1. The lowest BCUT2D eigenvalue weighted by Crippen LogP contribution is -2.11. The maximum Gasteiger partial charge on any atom is 0.260 e. The molecule has 1 heterocycles. The number of benzene rings is 2. The minimum absolute atomic E-state index is 0.131. The standard InChI is InChI=1S/C14H11N3O/c1-2-8-3-4-9-5-6-11-12(10(9)7-8)13(18)17-14(15)16-11/h2-7H,1H2,(H3,15,16,17,18). The minimum atomic E-state index is -0.218. The highest BCUT2D eigenvalue weighted by atomic mass is 16.1. The third-order valence-corrected chi connectivity index (χ3v) is 2.97. The number of nitrogens with zero attached hydrogens (tertiary/aromatic N) is 1. The lowest BCUT2D eigenvalue weighted by atomic mass is 10.0. The molecule has 88 valence electrons. The third-order valence-electron chi connectivity index (χ3n) is 2.97. The highest BCUT2D eigenvalue weighted by Gasteiger charge is 2.07. The van der Waals surface area contributed by atoms with Gasteiger partial charge in [0.15, 0.2) is 0 Å². The van der Waals surface area contributed by atoms with Crippen LogP contribution in [0.5, 0.6) is 0 Å². The molecule has 4 nitrogen and oxygen atoms in total. The van der Waals surface area contributed by atoms with E-state index in [9.17, 15) is 4.79 Å². The monoisotopic (exact) mass is 237 g/mol. The molecule has 0 unspecified atom stereocenters. The second kappa shape index (κ2) is 3.70. The van der Waals surface area contributed by atoms with E-state index in [1.54, 1.807) is 12.1 Å². The van der Waals surface area contributed by atoms with Crippen molar-refractivity contribution in [2.45, 2.75) is 0 Å². The van der Waals surface area contributed by atoms with Gasteiger partial charge in [-0.2, -0.15) is 0 Å². The quantitative estimate of drug-likeness (QED) is 0.638. The summed E-state index contributed by atoms with van der Waals surface area (Å²) in [6.45, 7) is 3.73. The van der Waals surface area contributed by atoms with E-state index in [0.717, 1.165) is 16.3 Å². The fourth-order valence-corrected chi connectivity index (χ4v) is 2.12. The number of aromatic amines is 1. The van der Waals surface area contributed by atoms with Gasteiger partial charge in [0.2, 0.25) is 5.95 Å². The van der Waals surface area contributed by atoms with Crippen LogP contribution in [0, 0.1) is 0 Å². The van der Waals surface area contributed by atoms with Gasteiger partial charge in [-0.3, -0.25) is 9.78 Å². The van der Waals surface area contributed by atoms with Gasteiger partial charge >= 0.3 is 0 Å². The lowest BCUT2D eigenvalue weighted by molar-refractivity contribution is 1.19. The van der Waals surface area contributed by atoms with Crippen molar-refractivity contribution >= 4 is 33.7 Å². The Morgan fingerprint density at radius 3 is 2.83 bits per heavy atom. The van der Waals surface area contributed by atoms with Crippen molar-refractivity contribution in [1.82, 2.24) is 9.97 Å². The molecule has 0 aliphatic carbocycles. The molecule has 3 rings (SSSR count). The van der Waals surface area contributed by atoms with Crippen molar-refractivity contribution in [1.29, 1.82) is 0 Å². The number of rotatable bonds is 1. The van der Waals surface area contributed by atoms with E-state index in [2.05, 4.69) is 16.5 Å². The molecule has 1 aromatic heterocycles. The van der Waals surface area contributed by atoms with Gasteiger partial charge in [-0.1, -0.05) is 30.9 Å². The number of hydrogen-bond donors (Lipinski definition) is 2. The Hall–Kier alpha value is -2.62. The predicted octanol–water partition coefficient (Wildman–Crippen LogP) is 2.30. The number of H-pyrrole nitrogens is 1. The molecule has 2 aromatic carbocycles. The summed E-state index contributed by atoms with van der Waals surface area (Å²) in [5, 5.41) is 2.41. The highest BCUT2D eigenvalue weighted by Crippen LogP contribution is 2.23. The van der Waals surface area contributed by atoms with Gasteiger partial charge in [0.05, 0.1) is 10.9 Å². The number of hydrogen-bond acceptors (Lipinski definition) is 3. The molecule has 3 N–H and O–H groups in total. The van der Waals surface area contributed by atoms with Crippen LogP contribution >= 0.6 is 0 Å². The second-order valence-electron chi connectivity index (χ2n) is 4.10. The topological polar surface area (TPSA) is 71.8 Å². The molecule has 0 atom stereocenters. The Morgan fingerprint density at radius 1 is 1.28 bits per heavy atom. The van der Waals surface area contributed by atoms with Gasteiger partial charge in [-0.25, -0.2) is 4.98 Å². The van der Waals surface area contributed by atoms with Gasteiger partial charge in [-0.05, 0) is 28.5 Å². The molecule has 0 fully saturated rings. The average Bonchev–Trinajstić information content (AvgIpc) is 2.36. The van der Waals surface area contributed by atoms with E-state index in [4.69, 9.17) is 5.73 Å². The van der Waals surface area contributed by atoms with Crippen LogP contribution in [0.15, 0.2) is 41.7 Å². The van der Waals surface area contributed by atoms with Crippen molar-refractivity contribution < 1.29 is 0 Å². The third kappa shape index (κ3) is 1.47. The molecule has 0 saturated heterocycles. The lowest BCUT2D eigenvalue weighted by Gasteiger charge is -2.04. The highest BCUT2D eigenvalue weighted by molar-refractivity contribution is 6.06. The average molecular weight is 237 g/mol. The summed E-state index contributed by atoms with van der Waals surface area (Å²) in [7, 11) is 0. The first-order chi connectivity index (χ1) is 8.69. The molecular weight excluding hydrogens is 226 g/mol. The van der Waals surface area contributed by atoms with Gasteiger partial charge in [0.1, 0.15) is 0 Å². The van der Waals surface area contributed by atoms with Gasteiger partial charge in [-0.15, -0.1) is 0 Å². The molecule has 0 saturated carbocycles. The SMILES string of the molecule is C=Cc1ccc2ccc3nc(N)[nH]c(=O)c3c2c1. The van der Waals surface area contributed by atoms with Crippen LogP contribution in [-0.2, 0) is 0 Å². The van der Waals surface area contributed by atoms with Crippen LogP contribution in [0.3, 0.4) is 0 Å². The zero-order chi connectivity index (χ0) is 12.7. The summed E-state index contributed by atoms with van der Waals surface area (Å²) in [6.07, 6.45) is 1.75. The van der Waals surface area contributed by atoms with Crippen molar-refractivity contribution in [3.63, 3.8) is 0 Å². The molecule has 0 amide bonds. The van der Waals surface area contributed by atoms with Crippen LogP contribution < -0.4 is 11.3 Å². The molecule has 18 heavy (non-hydrogen) atoms. The first-order valence-electron chi connectivity index (χ1n) is 5.54. The van der Waals surface area contributed by atoms with Crippen molar-refractivity contribution in [2.24, 2.45) is 0 Å². The summed E-state index contributed by atoms with van der Waals surface area (Å²) >= 11 is 0. The fraction of sp³-hybridized carbons (Fsp3) is 0. The predicted molar refractivity (Wildman–Crippen MR) is 74.4 cm³/mol. The number of fused-ring (bicyclic) bond motifs is 3. The van der Waals surface area contributed by atoms with Gasteiger partial charge < -0.3 is 5.73 Å². The van der Waals surface area contributed by atoms with E-state index in [1.807, 2.05) is 24.3 Å². The molecular formula is C14H11N3O. The van der Waals surface area contributed by atoms with Crippen LogP contribution in [-0.4, -0.2) is 9.97 Å². The summed E-state index contributed by atoms with van der Waals surface area (Å²) < 4.78 is 0. The second-order valence-corrected chi connectivity index (χ2v) is 4.10. The maximum absolute atomic E-state index is 12.0. The van der Waals surface area contributed by atoms with Gasteiger partial charge in [0.25, 0.3) is 5.56 Å². The smallest absolute Gasteiger partial charge is 0.260 e. The van der Waals surface area contributed by atoms with Crippen LogP contribution in [0.1, 0.15) is 5.56 Å². The molecule has 0 aliphatic heterocycles. The number of nitrogens with one attached hydrogen (secondary N) is 1. The summed E-state index contributed by atoms with van der Waals surface area (Å²) in [4.78, 5) is 18.7. The Kier molecular flexibility index (Phi) is 2.16. The molecule has 0 radical (unpaired) electrons. The zero-order valence-corrected chi connectivity index (χ0v) is 9.60. The molecule has 4 heteroatoms. The van der Waals surface area contributed by atoms with E-state index >= 15 is 0 Å². The molecule has 0 aliphatic rings. The Balaban J connectivity index is 2.58. The van der Waals surface area contributed by atoms with Crippen LogP contribution in [0.25, 0.3) is 27.8 Å². The fourth-order valence-electron chi connectivity index (χ4n) is 2.12. The number of aromatic nitrogens is 2. The molecule has 0 bridgehead atoms. The van der Waals surface area contributed by atoms with E-state index in [0.29, 0.717) is 10.9 Å². The number of nitrogen functional groups attached to an aromatic ring is 1. The first kappa shape index (κ1) is 10.5. The number of anilines is 1. The first-order valence-corrected chi connectivity index (χ1v) is 5.54. The Morgan fingerprint density at radius 2 is 2.06 bits per heavy atom. The van der Waals surface area contributed by atoms with E-state index < -0.39 is 0 Å². The van der Waals surface area contributed by atoms with Crippen LogP contribution in [0.4, 0.5) is 5.95 Å². The van der Waals surface area contributed by atoms with E-state index in [-0.39, 0.29) is 11.5 Å². The normalized spacial score (nSPS) is 10.9. The Labute approximate surface area is 103 Å². The Bertz CT molecular complexity index is 833.